The predicted octanol–water partition coefficient (Wildman–Crippen LogP) is 2.01. The second-order valence-corrected chi connectivity index (χ2v) is 6.77. The van der Waals surface area contributed by atoms with Gasteiger partial charge in [0.1, 0.15) is 5.75 Å². The molecular weight excluding hydrogens is 378 g/mol. The molecule has 0 atom stereocenters. The zero-order valence-corrected chi connectivity index (χ0v) is 17.0. The molecule has 0 saturated heterocycles. The monoisotopic (exact) mass is 404 g/mol. The molecule has 0 aliphatic carbocycles. The topological polar surface area (TPSA) is 71.9 Å². The SMILES string of the molecule is CC[NH+](CC)CCNC(=O)c1ccc(NC(=O)COc2ccc(Cl)cc2)cc1. The van der Waals surface area contributed by atoms with Gasteiger partial charge < -0.3 is 20.3 Å². The molecule has 7 heteroatoms. The molecular formula is C21H27ClN3O3+. The first-order valence-electron chi connectivity index (χ1n) is 9.41. The molecule has 28 heavy (non-hydrogen) atoms. The lowest BCUT2D eigenvalue weighted by Gasteiger charge is -2.15. The summed E-state index contributed by atoms with van der Waals surface area (Å²) in [7, 11) is 0. The molecule has 6 nitrogen and oxygen atoms in total. The van der Waals surface area contributed by atoms with Crippen LogP contribution in [0.3, 0.4) is 0 Å². The Kier molecular flexibility index (Phi) is 8.78. The molecule has 150 valence electrons. The molecule has 0 spiro atoms. The first-order valence-corrected chi connectivity index (χ1v) is 9.79. The number of anilines is 1. The normalized spacial score (nSPS) is 10.6. The highest BCUT2D eigenvalue weighted by Crippen LogP contribution is 2.15. The van der Waals surface area contributed by atoms with Gasteiger partial charge in [0.05, 0.1) is 26.2 Å². The fourth-order valence-corrected chi connectivity index (χ4v) is 2.77. The summed E-state index contributed by atoms with van der Waals surface area (Å²) in [5.74, 6) is 0.169. The van der Waals surface area contributed by atoms with Gasteiger partial charge in [-0.05, 0) is 62.4 Å². The van der Waals surface area contributed by atoms with Crippen LogP contribution in [0.4, 0.5) is 5.69 Å². The van der Waals surface area contributed by atoms with Crippen molar-refractivity contribution in [3.63, 3.8) is 0 Å². The highest BCUT2D eigenvalue weighted by molar-refractivity contribution is 6.30. The van der Waals surface area contributed by atoms with E-state index in [0.717, 1.165) is 19.6 Å². The molecule has 0 radical (unpaired) electrons. The van der Waals surface area contributed by atoms with E-state index in [9.17, 15) is 9.59 Å². The van der Waals surface area contributed by atoms with Crippen molar-refractivity contribution in [1.29, 1.82) is 0 Å². The van der Waals surface area contributed by atoms with Gasteiger partial charge >= 0.3 is 0 Å². The maximum Gasteiger partial charge on any atom is 0.262 e. The summed E-state index contributed by atoms with van der Waals surface area (Å²) in [6, 6.07) is 13.6. The van der Waals surface area contributed by atoms with Gasteiger partial charge in [-0.1, -0.05) is 11.6 Å². The third kappa shape index (κ3) is 7.21. The fraction of sp³-hybridized carbons (Fsp3) is 0.333. The quantitative estimate of drug-likeness (QED) is 0.567. The third-order valence-electron chi connectivity index (χ3n) is 4.38. The second kappa shape index (κ2) is 11.3. The van der Waals surface area contributed by atoms with Gasteiger partial charge in [0.15, 0.2) is 6.61 Å². The summed E-state index contributed by atoms with van der Waals surface area (Å²) in [5, 5.41) is 6.27. The molecule has 0 saturated carbocycles. The zero-order valence-electron chi connectivity index (χ0n) is 16.3. The fourth-order valence-electron chi connectivity index (χ4n) is 2.64. The number of nitrogens with one attached hydrogen (secondary N) is 3. The number of carbonyl (C=O) groups excluding carboxylic acids is 2. The van der Waals surface area contributed by atoms with Gasteiger partial charge in [0.2, 0.25) is 0 Å². The van der Waals surface area contributed by atoms with E-state index in [1.807, 2.05) is 0 Å². The van der Waals surface area contributed by atoms with Crippen LogP contribution in [0.25, 0.3) is 0 Å². The smallest absolute Gasteiger partial charge is 0.262 e. The average molecular weight is 405 g/mol. The van der Waals surface area contributed by atoms with Crippen molar-refractivity contribution in [2.24, 2.45) is 0 Å². The van der Waals surface area contributed by atoms with Gasteiger partial charge in [-0.3, -0.25) is 9.59 Å². The van der Waals surface area contributed by atoms with Crippen LogP contribution in [0, 0.1) is 0 Å². The number of quaternary nitrogens is 1. The van der Waals surface area contributed by atoms with Crippen molar-refractivity contribution in [3.8, 4) is 5.75 Å². The van der Waals surface area contributed by atoms with Gasteiger partial charge in [0, 0.05) is 16.3 Å². The predicted molar refractivity (Wildman–Crippen MR) is 111 cm³/mol. The van der Waals surface area contributed by atoms with Gasteiger partial charge in [-0.2, -0.15) is 0 Å². The van der Waals surface area contributed by atoms with Crippen LogP contribution in [0.15, 0.2) is 48.5 Å². The van der Waals surface area contributed by atoms with Crippen molar-refractivity contribution in [2.75, 3.05) is 38.1 Å². The number of amides is 2. The van der Waals surface area contributed by atoms with Crippen molar-refractivity contribution < 1.29 is 19.2 Å². The van der Waals surface area contributed by atoms with Crippen molar-refractivity contribution in [2.45, 2.75) is 13.8 Å². The molecule has 0 aliphatic rings. The second-order valence-electron chi connectivity index (χ2n) is 6.33. The highest BCUT2D eigenvalue weighted by atomic mass is 35.5. The molecule has 0 heterocycles. The maximum atomic E-state index is 12.2. The first-order chi connectivity index (χ1) is 13.5. The van der Waals surface area contributed by atoms with Crippen LogP contribution in [0.2, 0.25) is 5.02 Å². The van der Waals surface area contributed by atoms with Gasteiger partial charge in [0.25, 0.3) is 11.8 Å². The summed E-state index contributed by atoms with van der Waals surface area (Å²) in [6.45, 7) is 7.78. The zero-order chi connectivity index (χ0) is 20.4. The third-order valence-corrected chi connectivity index (χ3v) is 4.63. The van der Waals surface area contributed by atoms with E-state index in [-0.39, 0.29) is 18.4 Å². The lowest BCUT2D eigenvalue weighted by molar-refractivity contribution is -0.895. The number of carbonyl (C=O) groups is 2. The molecule has 0 unspecified atom stereocenters. The lowest BCUT2D eigenvalue weighted by Crippen LogP contribution is -3.12. The van der Waals surface area contributed by atoms with E-state index in [2.05, 4.69) is 24.5 Å². The minimum absolute atomic E-state index is 0.114. The molecule has 2 amide bonds. The van der Waals surface area contributed by atoms with E-state index in [1.54, 1.807) is 48.5 Å². The van der Waals surface area contributed by atoms with E-state index in [0.29, 0.717) is 28.6 Å². The Bertz CT molecular complexity index is 759. The van der Waals surface area contributed by atoms with Crippen LogP contribution in [-0.2, 0) is 4.79 Å². The minimum atomic E-state index is -0.283. The molecule has 2 aromatic carbocycles. The van der Waals surface area contributed by atoms with Crippen LogP contribution in [-0.4, -0.2) is 44.6 Å². The minimum Gasteiger partial charge on any atom is -0.484 e. The summed E-state index contributed by atoms with van der Waals surface area (Å²) in [5.41, 5.74) is 1.17. The van der Waals surface area contributed by atoms with Crippen LogP contribution in [0.1, 0.15) is 24.2 Å². The first kappa shape index (κ1) is 21.7. The molecule has 0 aromatic heterocycles. The van der Waals surface area contributed by atoms with Gasteiger partial charge in [-0.25, -0.2) is 0 Å². The number of hydrogen-bond acceptors (Lipinski definition) is 3. The molecule has 2 rings (SSSR count). The number of likely N-dealkylation sites (N-methyl/N-ethyl adjacent to an activating group) is 1. The molecule has 2 aromatic rings. The molecule has 0 bridgehead atoms. The molecule has 0 aliphatic heterocycles. The van der Waals surface area contributed by atoms with Crippen molar-refractivity contribution in [1.82, 2.24) is 5.32 Å². The van der Waals surface area contributed by atoms with Crippen LogP contribution >= 0.6 is 11.6 Å². The number of halogens is 1. The number of benzene rings is 2. The Morgan fingerprint density at radius 3 is 2.25 bits per heavy atom. The molecule has 0 fully saturated rings. The van der Waals surface area contributed by atoms with E-state index in [4.69, 9.17) is 16.3 Å². The standard InChI is InChI=1S/C21H26ClN3O3/c1-3-25(4-2)14-13-23-21(27)16-5-9-18(10-6-16)24-20(26)15-28-19-11-7-17(22)8-12-19/h5-12H,3-4,13-15H2,1-2H3,(H,23,27)(H,24,26)/p+1. The Morgan fingerprint density at radius 1 is 1.00 bits per heavy atom. The van der Waals surface area contributed by atoms with Crippen molar-refractivity contribution >= 4 is 29.1 Å². The number of rotatable bonds is 10. The Morgan fingerprint density at radius 2 is 1.64 bits per heavy atom. The van der Waals surface area contributed by atoms with Crippen LogP contribution in [0.5, 0.6) is 5.75 Å². The average Bonchev–Trinajstić information content (AvgIpc) is 2.71. The number of hydrogen-bond donors (Lipinski definition) is 3. The maximum absolute atomic E-state index is 12.2. The summed E-state index contributed by atoms with van der Waals surface area (Å²) in [4.78, 5) is 25.6. The number of ether oxygens (including phenoxy) is 1. The Balaban J connectivity index is 1.77. The lowest BCUT2D eigenvalue weighted by atomic mass is 10.2. The largest absolute Gasteiger partial charge is 0.484 e. The van der Waals surface area contributed by atoms with E-state index < -0.39 is 0 Å². The van der Waals surface area contributed by atoms with E-state index >= 15 is 0 Å². The van der Waals surface area contributed by atoms with Crippen LogP contribution < -0.4 is 20.3 Å². The van der Waals surface area contributed by atoms with Gasteiger partial charge in [-0.15, -0.1) is 0 Å². The summed E-state index contributed by atoms with van der Waals surface area (Å²) < 4.78 is 5.40. The summed E-state index contributed by atoms with van der Waals surface area (Å²) >= 11 is 5.81. The Hall–Kier alpha value is -2.57. The van der Waals surface area contributed by atoms with E-state index in [1.165, 1.54) is 4.90 Å². The molecule has 3 N–H and O–H groups in total. The summed E-state index contributed by atoms with van der Waals surface area (Å²) in [6.07, 6.45) is 0. The Labute approximate surface area is 170 Å². The highest BCUT2D eigenvalue weighted by Gasteiger charge is 2.09. The van der Waals surface area contributed by atoms with Crippen molar-refractivity contribution in [3.05, 3.63) is 59.1 Å².